The summed E-state index contributed by atoms with van der Waals surface area (Å²) in [7, 11) is 4.56. The molecule has 0 bridgehead atoms. The molecule has 2 heterocycles. The maximum Gasteiger partial charge on any atom is 0.316 e. The summed E-state index contributed by atoms with van der Waals surface area (Å²) in [6.07, 6.45) is 1.79. The highest BCUT2D eigenvalue weighted by atomic mass is 32.1. The fraction of sp³-hybridized carbons (Fsp3) is 0.200. The van der Waals surface area contributed by atoms with Gasteiger partial charge in [0.25, 0.3) is 0 Å². The van der Waals surface area contributed by atoms with Gasteiger partial charge >= 0.3 is 5.97 Å². The van der Waals surface area contributed by atoms with Crippen molar-refractivity contribution >= 4 is 29.2 Å². The van der Waals surface area contributed by atoms with Crippen LogP contribution in [0.25, 0.3) is 6.08 Å². The van der Waals surface area contributed by atoms with Crippen LogP contribution in [0.2, 0.25) is 0 Å². The van der Waals surface area contributed by atoms with Crippen LogP contribution < -0.4 is 23.7 Å². The van der Waals surface area contributed by atoms with E-state index >= 15 is 0 Å². The zero-order valence-electron chi connectivity index (χ0n) is 18.6. The molecule has 0 N–H and O–H groups in total. The zero-order chi connectivity index (χ0) is 23.5. The van der Waals surface area contributed by atoms with Crippen molar-refractivity contribution < 1.29 is 33.3 Å². The van der Waals surface area contributed by atoms with E-state index in [4.69, 9.17) is 23.7 Å². The molecule has 0 fully saturated rings. The van der Waals surface area contributed by atoms with E-state index in [1.807, 2.05) is 17.5 Å². The molecule has 0 saturated heterocycles. The highest BCUT2D eigenvalue weighted by molar-refractivity contribution is 7.10. The van der Waals surface area contributed by atoms with Gasteiger partial charge in [-0.2, -0.15) is 0 Å². The van der Waals surface area contributed by atoms with Gasteiger partial charge < -0.3 is 23.7 Å². The Morgan fingerprint density at radius 3 is 2.36 bits per heavy atom. The molecule has 0 radical (unpaired) electrons. The number of hydrogen-bond donors (Lipinski definition) is 0. The summed E-state index contributed by atoms with van der Waals surface area (Å²) in [6.45, 7) is 1.75. The smallest absolute Gasteiger partial charge is 0.316 e. The summed E-state index contributed by atoms with van der Waals surface area (Å²) >= 11 is 1.49. The predicted molar refractivity (Wildman–Crippen MR) is 124 cm³/mol. The van der Waals surface area contributed by atoms with Crippen molar-refractivity contribution in [3.8, 4) is 28.7 Å². The first-order chi connectivity index (χ1) is 15.9. The van der Waals surface area contributed by atoms with Crippen molar-refractivity contribution in [1.82, 2.24) is 0 Å². The Hall–Kier alpha value is -3.78. The van der Waals surface area contributed by atoms with E-state index in [1.165, 1.54) is 32.7 Å². The number of Topliss-reactive ketones (excluding diaryl/α,β-unsaturated/α-hetero) is 1. The third-order valence-electron chi connectivity index (χ3n) is 5.14. The van der Waals surface area contributed by atoms with E-state index in [-0.39, 0.29) is 23.9 Å². The van der Waals surface area contributed by atoms with Gasteiger partial charge in [0.05, 0.1) is 33.3 Å². The summed E-state index contributed by atoms with van der Waals surface area (Å²) in [5.74, 6) is 1.61. The Bertz CT molecular complexity index is 1220. The van der Waals surface area contributed by atoms with E-state index in [0.717, 1.165) is 4.88 Å². The fourth-order valence-corrected chi connectivity index (χ4v) is 4.22. The molecule has 0 atom stereocenters. The molecule has 3 aromatic rings. The normalized spacial score (nSPS) is 13.5. The first-order valence-corrected chi connectivity index (χ1v) is 10.9. The second-order valence-corrected chi connectivity index (χ2v) is 8.23. The number of ether oxygens (including phenoxy) is 5. The van der Waals surface area contributed by atoms with Gasteiger partial charge in [-0.25, -0.2) is 0 Å². The number of rotatable bonds is 7. The van der Waals surface area contributed by atoms with Gasteiger partial charge in [0, 0.05) is 10.4 Å². The van der Waals surface area contributed by atoms with Crippen molar-refractivity contribution in [3.05, 3.63) is 69.1 Å². The van der Waals surface area contributed by atoms with Crippen molar-refractivity contribution in [1.29, 1.82) is 0 Å². The number of hydrogen-bond acceptors (Lipinski definition) is 8. The van der Waals surface area contributed by atoms with Crippen LogP contribution in [0.5, 0.6) is 28.7 Å². The minimum Gasteiger partial charge on any atom is -0.493 e. The van der Waals surface area contributed by atoms with Crippen LogP contribution in [-0.4, -0.2) is 33.1 Å². The molecule has 33 heavy (non-hydrogen) atoms. The minimum atomic E-state index is -0.377. The molecule has 1 aliphatic rings. The van der Waals surface area contributed by atoms with Crippen molar-refractivity contribution in [2.75, 3.05) is 21.3 Å². The molecule has 2 aromatic carbocycles. The summed E-state index contributed by atoms with van der Waals surface area (Å²) < 4.78 is 27.5. The van der Waals surface area contributed by atoms with Crippen LogP contribution >= 0.6 is 11.3 Å². The molecule has 8 heteroatoms. The zero-order valence-corrected chi connectivity index (χ0v) is 19.4. The van der Waals surface area contributed by atoms with Gasteiger partial charge in [-0.15, -0.1) is 11.3 Å². The van der Waals surface area contributed by atoms with Crippen LogP contribution in [0.1, 0.15) is 26.4 Å². The Balaban J connectivity index is 1.60. The molecule has 0 saturated carbocycles. The first-order valence-electron chi connectivity index (χ1n) is 10.1. The van der Waals surface area contributed by atoms with E-state index < -0.39 is 0 Å². The molecule has 0 spiro atoms. The van der Waals surface area contributed by atoms with Crippen LogP contribution in [0, 0.1) is 6.92 Å². The topological polar surface area (TPSA) is 80.3 Å². The molecule has 4 rings (SSSR count). The minimum absolute atomic E-state index is 0.143. The quantitative estimate of drug-likeness (QED) is 0.280. The number of carbonyl (C=O) groups excluding carboxylic acids is 2. The number of esters is 1. The lowest BCUT2D eigenvalue weighted by molar-refractivity contribution is -0.133. The van der Waals surface area contributed by atoms with Crippen LogP contribution in [0.4, 0.5) is 0 Å². The van der Waals surface area contributed by atoms with Crippen LogP contribution in [0.3, 0.4) is 0 Å². The molecular weight excluding hydrogens is 444 g/mol. The second kappa shape index (κ2) is 9.38. The number of allylic oxidation sites excluding steroid dienone is 1. The third kappa shape index (κ3) is 4.42. The molecule has 7 nitrogen and oxygen atoms in total. The predicted octanol–water partition coefficient (Wildman–Crippen LogP) is 4.85. The third-order valence-corrected chi connectivity index (χ3v) is 6.02. The SMILES string of the molecule is COc1cc(/C=C2\Oc3c(ccc(OC(=O)Cc4cccs4)c3C)C2=O)cc(OC)c1OC. The van der Waals surface area contributed by atoms with Gasteiger partial charge in [0.1, 0.15) is 11.5 Å². The highest BCUT2D eigenvalue weighted by Crippen LogP contribution is 2.41. The Morgan fingerprint density at radius 2 is 1.76 bits per heavy atom. The first kappa shape index (κ1) is 22.4. The maximum absolute atomic E-state index is 12.9. The number of fused-ring (bicyclic) bond motifs is 1. The van der Waals surface area contributed by atoms with E-state index in [9.17, 15) is 9.59 Å². The number of thiophene rings is 1. The highest BCUT2D eigenvalue weighted by Gasteiger charge is 2.31. The lowest BCUT2D eigenvalue weighted by atomic mass is 10.1. The van der Waals surface area contributed by atoms with Gasteiger partial charge in [0.15, 0.2) is 17.3 Å². The molecular formula is C25H22O7S. The second-order valence-electron chi connectivity index (χ2n) is 7.19. The van der Waals surface area contributed by atoms with Gasteiger partial charge in [-0.05, 0) is 54.3 Å². The largest absolute Gasteiger partial charge is 0.493 e. The standard InChI is InChI=1S/C25H22O7S/c1-14-18(31-22(26)13-16-6-5-9-33-16)8-7-17-23(27)19(32-24(14)17)10-15-11-20(28-2)25(30-4)21(12-15)29-3/h5-12H,13H2,1-4H3/b19-10-. The van der Waals surface area contributed by atoms with Gasteiger partial charge in [-0.3, -0.25) is 9.59 Å². The Labute approximate surface area is 195 Å². The van der Waals surface area contributed by atoms with Gasteiger partial charge in [-0.1, -0.05) is 6.07 Å². The number of ketones is 1. The average Bonchev–Trinajstić information content (AvgIpc) is 3.43. The van der Waals surface area contributed by atoms with Crippen molar-refractivity contribution in [2.24, 2.45) is 0 Å². The molecule has 0 unspecified atom stereocenters. The van der Waals surface area contributed by atoms with Crippen molar-refractivity contribution in [2.45, 2.75) is 13.3 Å². The summed E-state index contributed by atoms with van der Waals surface area (Å²) in [5.41, 5.74) is 1.62. The van der Waals surface area contributed by atoms with E-state index in [0.29, 0.717) is 45.4 Å². The molecule has 0 aliphatic carbocycles. The van der Waals surface area contributed by atoms with Gasteiger partial charge in [0.2, 0.25) is 11.5 Å². The van der Waals surface area contributed by atoms with E-state index in [1.54, 1.807) is 37.3 Å². The Morgan fingerprint density at radius 1 is 1.03 bits per heavy atom. The number of benzene rings is 2. The average molecular weight is 467 g/mol. The lowest BCUT2D eigenvalue weighted by Crippen LogP contribution is -2.11. The lowest BCUT2D eigenvalue weighted by Gasteiger charge is -2.13. The number of carbonyl (C=O) groups is 2. The molecule has 1 aromatic heterocycles. The Kier molecular flexibility index (Phi) is 6.37. The van der Waals surface area contributed by atoms with Crippen LogP contribution in [0.15, 0.2) is 47.5 Å². The summed E-state index contributed by atoms with van der Waals surface area (Å²) in [5, 5.41) is 1.91. The van der Waals surface area contributed by atoms with Crippen molar-refractivity contribution in [3.63, 3.8) is 0 Å². The molecule has 0 amide bonds. The fourth-order valence-electron chi connectivity index (χ4n) is 3.53. The summed E-state index contributed by atoms with van der Waals surface area (Å²) in [6, 6.07) is 10.4. The molecule has 1 aliphatic heterocycles. The van der Waals surface area contributed by atoms with E-state index in [2.05, 4.69) is 0 Å². The number of methoxy groups -OCH3 is 3. The van der Waals surface area contributed by atoms with Crippen LogP contribution in [-0.2, 0) is 11.2 Å². The monoisotopic (exact) mass is 466 g/mol. The maximum atomic E-state index is 12.9. The molecule has 170 valence electrons. The summed E-state index contributed by atoms with van der Waals surface area (Å²) in [4.78, 5) is 26.2.